The van der Waals surface area contributed by atoms with E-state index in [1.807, 2.05) is 18.2 Å². The van der Waals surface area contributed by atoms with E-state index in [0.717, 1.165) is 54.7 Å². The first-order chi connectivity index (χ1) is 20.6. The molecular weight excluding hydrogens is 550 g/mol. The molecular formula is C34H43NO8. The molecule has 9 nitrogen and oxygen atoms in total. The Morgan fingerprint density at radius 2 is 1.72 bits per heavy atom. The van der Waals surface area contributed by atoms with Crippen molar-refractivity contribution < 1.29 is 39.2 Å². The van der Waals surface area contributed by atoms with Gasteiger partial charge in [0.2, 0.25) is 0 Å². The van der Waals surface area contributed by atoms with Gasteiger partial charge in [-0.25, -0.2) is 0 Å². The number of hydrogen-bond donors (Lipinski definition) is 3. The van der Waals surface area contributed by atoms with Crippen LogP contribution in [-0.4, -0.2) is 77.0 Å². The van der Waals surface area contributed by atoms with Gasteiger partial charge >= 0.3 is 5.97 Å². The molecule has 0 aromatic heterocycles. The number of benzene rings is 2. The highest BCUT2D eigenvalue weighted by Crippen LogP contribution is 2.41. The zero-order valence-electron chi connectivity index (χ0n) is 25.1. The highest BCUT2D eigenvalue weighted by atomic mass is 16.5. The fraction of sp³-hybridized carbons (Fsp3) is 0.529. The molecule has 0 spiro atoms. The summed E-state index contributed by atoms with van der Waals surface area (Å²) in [4.78, 5) is 51.7. The topological polar surface area (TPSA) is 141 Å². The van der Waals surface area contributed by atoms with E-state index in [-0.39, 0.29) is 72.7 Å². The summed E-state index contributed by atoms with van der Waals surface area (Å²) in [5.74, 6) is -2.32. The monoisotopic (exact) mass is 593 g/mol. The van der Waals surface area contributed by atoms with Crippen molar-refractivity contribution in [1.82, 2.24) is 4.90 Å². The van der Waals surface area contributed by atoms with Crippen LogP contribution in [0.3, 0.4) is 0 Å². The van der Waals surface area contributed by atoms with Crippen molar-refractivity contribution in [1.29, 1.82) is 0 Å². The molecule has 232 valence electrons. The van der Waals surface area contributed by atoms with Crippen LogP contribution in [0.2, 0.25) is 0 Å². The van der Waals surface area contributed by atoms with Gasteiger partial charge in [-0.15, -0.1) is 0 Å². The first kappa shape index (κ1) is 32.5. The number of hydrogen-bond acceptors (Lipinski definition) is 9. The quantitative estimate of drug-likeness (QED) is 0.234. The lowest BCUT2D eigenvalue weighted by molar-refractivity contribution is -0.147. The number of rotatable bonds is 13. The molecule has 2 aliphatic rings. The minimum absolute atomic E-state index is 0.0368. The molecule has 0 radical (unpaired) electrons. The van der Waals surface area contributed by atoms with Crippen LogP contribution in [0.1, 0.15) is 66.9 Å². The lowest BCUT2D eigenvalue weighted by Crippen LogP contribution is -2.36. The van der Waals surface area contributed by atoms with Crippen molar-refractivity contribution in [3.05, 3.63) is 53.1 Å². The van der Waals surface area contributed by atoms with E-state index < -0.39 is 12.5 Å². The number of ether oxygens (including phenoxy) is 1. The molecule has 1 aliphatic carbocycles. The van der Waals surface area contributed by atoms with Crippen LogP contribution in [-0.2, 0) is 32.1 Å². The Morgan fingerprint density at radius 1 is 1.02 bits per heavy atom. The van der Waals surface area contributed by atoms with Crippen LogP contribution in [0.15, 0.2) is 36.4 Å². The molecule has 3 N–H and O–H groups in total. The molecule has 3 unspecified atom stereocenters. The second kappa shape index (κ2) is 14.9. The highest BCUT2D eigenvalue weighted by Gasteiger charge is 2.35. The summed E-state index contributed by atoms with van der Waals surface area (Å²) in [5.41, 5.74) is 4.02. The van der Waals surface area contributed by atoms with Gasteiger partial charge in [-0.2, -0.15) is 0 Å². The Labute approximate surface area is 252 Å². The number of carbonyl (C=O) groups excluding carboxylic acids is 4. The Balaban J connectivity index is 1.51. The molecule has 1 saturated heterocycles. The number of fused-ring (bicyclic) bond motifs is 1. The first-order valence-corrected chi connectivity index (χ1v) is 15.2. The van der Waals surface area contributed by atoms with Gasteiger partial charge in [-0.05, 0) is 92.3 Å². The summed E-state index contributed by atoms with van der Waals surface area (Å²) in [6.45, 7) is 3.16. The molecule has 43 heavy (non-hydrogen) atoms. The molecule has 1 heterocycles. The summed E-state index contributed by atoms with van der Waals surface area (Å²) in [5, 5.41) is 30.3. The largest absolute Gasteiger partial charge is 0.507 e. The zero-order chi connectivity index (χ0) is 31.1. The number of esters is 1. The average Bonchev–Trinajstić information content (AvgIpc) is 2.98. The molecule has 9 heteroatoms. The zero-order valence-corrected chi connectivity index (χ0v) is 25.1. The number of piperidine rings is 1. The minimum atomic E-state index is -0.782. The number of aliphatic hydroxyl groups excluding tert-OH is 2. The molecule has 1 fully saturated rings. The van der Waals surface area contributed by atoms with E-state index in [9.17, 15) is 34.5 Å². The third-order valence-electron chi connectivity index (χ3n) is 9.07. The molecule has 3 atom stereocenters. The van der Waals surface area contributed by atoms with Crippen LogP contribution in [0.25, 0.3) is 11.1 Å². The predicted octanol–water partition coefficient (Wildman–Crippen LogP) is 3.73. The first-order valence-electron chi connectivity index (χ1n) is 15.2. The average molecular weight is 594 g/mol. The standard InChI is InChI=1S/C34H43NO8/c1-21(38)15-31(40)29(20-37)26(11-14-36)16-23-17-28-27(7-8-30(39)33(28)32(41)18-23)24-5-3-22(4-6-24)19-35-12-9-25(10-13-35)34(42)43-2/h3-8,23,25-26,29,36-37,39H,9-20H2,1-2H3. The highest BCUT2D eigenvalue weighted by molar-refractivity contribution is 6.03. The molecule has 0 bridgehead atoms. The second-order valence-electron chi connectivity index (χ2n) is 12.1. The number of phenolic OH excluding ortho intramolecular Hbond substituents is 1. The van der Waals surface area contributed by atoms with Gasteiger partial charge in [0.05, 0.1) is 31.6 Å². The van der Waals surface area contributed by atoms with Crippen LogP contribution < -0.4 is 0 Å². The number of ketones is 3. The number of phenols is 1. The number of methoxy groups -OCH3 is 1. The summed E-state index contributed by atoms with van der Waals surface area (Å²) >= 11 is 0. The van der Waals surface area contributed by atoms with Gasteiger partial charge in [0.25, 0.3) is 0 Å². The van der Waals surface area contributed by atoms with Gasteiger partial charge in [0.1, 0.15) is 17.3 Å². The Hall–Kier alpha value is -3.40. The molecule has 0 amide bonds. The number of carbonyl (C=O) groups is 4. The number of aliphatic hydroxyl groups is 2. The van der Waals surface area contributed by atoms with Gasteiger partial charge in [-0.3, -0.25) is 24.1 Å². The second-order valence-corrected chi connectivity index (χ2v) is 12.1. The molecule has 1 aliphatic heterocycles. The van der Waals surface area contributed by atoms with Gasteiger partial charge in [0.15, 0.2) is 5.78 Å². The number of Topliss-reactive ketones (excluding diaryl/α,β-unsaturated/α-hetero) is 3. The molecule has 2 aromatic carbocycles. The van der Waals surface area contributed by atoms with E-state index in [1.165, 1.54) is 14.0 Å². The van der Waals surface area contributed by atoms with Crippen LogP contribution in [0.4, 0.5) is 0 Å². The van der Waals surface area contributed by atoms with E-state index in [4.69, 9.17) is 4.74 Å². The van der Waals surface area contributed by atoms with Crippen molar-refractivity contribution in [2.24, 2.45) is 23.7 Å². The molecule has 4 rings (SSSR count). The van der Waals surface area contributed by atoms with Gasteiger partial charge < -0.3 is 20.1 Å². The normalized spacial score (nSPS) is 19.0. The lowest BCUT2D eigenvalue weighted by atomic mass is 9.72. The van der Waals surface area contributed by atoms with Crippen molar-refractivity contribution in [2.45, 2.75) is 58.4 Å². The molecule has 0 saturated carbocycles. The maximum Gasteiger partial charge on any atom is 0.308 e. The Morgan fingerprint density at radius 3 is 2.33 bits per heavy atom. The maximum absolute atomic E-state index is 13.3. The smallest absolute Gasteiger partial charge is 0.308 e. The van der Waals surface area contributed by atoms with E-state index >= 15 is 0 Å². The van der Waals surface area contributed by atoms with Crippen molar-refractivity contribution in [3.63, 3.8) is 0 Å². The third kappa shape index (κ3) is 7.96. The number of nitrogens with zero attached hydrogens (tertiary/aromatic N) is 1. The van der Waals surface area contributed by atoms with Crippen molar-refractivity contribution in [2.75, 3.05) is 33.4 Å². The Bertz CT molecular complexity index is 1310. The minimum Gasteiger partial charge on any atom is -0.507 e. The van der Waals surface area contributed by atoms with Crippen molar-refractivity contribution in [3.8, 4) is 16.9 Å². The van der Waals surface area contributed by atoms with E-state index in [0.29, 0.717) is 18.4 Å². The summed E-state index contributed by atoms with van der Waals surface area (Å²) in [6.07, 6.45) is 2.70. The summed E-state index contributed by atoms with van der Waals surface area (Å²) in [6, 6.07) is 11.6. The molecule has 2 aromatic rings. The van der Waals surface area contributed by atoms with Gasteiger partial charge in [-0.1, -0.05) is 30.3 Å². The summed E-state index contributed by atoms with van der Waals surface area (Å²) in [7, 11) is 1.43. The van der Waals surface area contributed by atoms with Crippen LogP contribution in [0, 0.1) is 23.7 Å². The van der Waals surface area contributed by atoms with Crippen LogP contribution in [0.5, 0.6) is 5.75 Å². The van der Waals surface area contributed by atoms with E-state index in [2.05, 4.69) is 17.0 Å². The number of likely N-dealkylation sites (tertiary alicyclic amines) is 1. The fourth-order valence-electron chi connectivity index (χ4n) is 6.83. The lowest BCUT2D eigenvalue weighted by Gasteiger charge is -2.32. The maximum atomic E-state index is 13.3. The van der Waals surface area contributed by atoms with Crippen molar-refractivity contribution >= 4 is 23.3 Å². The summed E-state index contributed by atoms with van der Waals surface area (Å²) < 4.78 is 4.89. The SMILES string of the molecule is COC(=O)C1CCN(Cc2ccc(-c3ccc(O)c4c3CC(CC(CCO)C(CO)C(=O)CC(C)=O)CC4=O)cc2)CC1. The van der Waals surface area contributed by atoms with E-state index in [1.54, 1.807) is 6.07 Å². The predicted molar refractivity (Wildman–Crippen MR) is 160 cm³/mol. The Kier molecular flexibility index (Phi) is 11.2. The van der Waals surface area contributed by atoms with Crippen LogP contribution >= 0.6 is 0 Å². The number of aromatic hydroxyl groups is 1. The third-order valence-corrected chi connectivity index (χ3v) is 9.07. The van der Waals surface area contributed by atoms with Gasteiger partial charge in [0, 0.05) is 25.5 Å². The fourth-order valence-corrected chi connectivity index (χ4v) is 6.83.